The Morgan fingerprint density at radius 1 is 1.24 bits per heavy atom. The Bertz CT molecular complexity index is 880. The van der Waals surface area contributed by atoms with Crippen LogP contribution in [0.4, 0.5) is 13.2 Å². The summed E-state index contributed by atoms with van der Waals surface area (Å²) in [5, 5.41) is 7.12. The minimum Gasteiger partial charge on any atom is -0.475 e. The van der Waals surface area contributed by atoms with Crippen molar-refractivity contribution < 1.29 is 27.9 Å². The van der Waals surface area contributed by atoms with Crippen LogP contribution in [-0.4, -0.2) is 68.1 Å². The second-order valence-corrected chi connectivity index (χ2v) is 6.69. The summed E-state index contributed by atoms with van der Waals surface area (Å²) in [7, 11) is 3.53. The third kappa shape index (κ3) is 6.01. The van der Waals surface area contributed by atoms with Gasteiger partial charge in [0.25, 0.3) is 5.91 Å². The zero-order valence-corrected chi connectivity index (χ0v) is 16.3. The Morgan fingerprint density at radius 3 is 2.45 bits per heavy atom. The molecule has 0 bridgehead atoms. The zero-order chi connectivity index (χ0) is 21.8. The van der Waals surface area contributed by atoms with Gasteiger partial charge in [0.1, 0.15) is 11.5 Å². The minimum atomic E-state index is -5.08. The highest BCUT2D eigenvalue weighted by molar-refractivity contribution is 5.92. The fourth-order valence-electron chi connectivity index (χ4n) is 2.76. The van der Waals surface area contributed by atoms with Gasteiger partial charge in [0.05, 0.1) is 18.4 Å². The predicted molar refractivity (Wildman–Crippen MR) is 97.0 cm³/mol. The van der Waals surface area contributed by atoms with Gasteiger partial charge in [-0.2, -0.15) is 13.2 Å². The number of carbonyl (C=O) groups is 2. The molecule has 0 spiro atoms. The third-order valence-electron chi connectivity index (χ3n) is 4.14. The number of fused-ring (bicyclic) bond motifs is 1. The van der Waals surface area contributed by atoms with E-state index in [9.17, 15) is 18.0 Å². The second kappa shape index (κ2) is 9.03. The molecule has 0 atom stereocenters. The van der Waals surface area contributed by atoms with Crippen molar-refractivity contribution in [3.8, 4) is 0 Å². The molecule has 0 fully saturated rings. The molecule has 3 heterocycles. The van der Waals surface area contributed by atoms with Crippen LogP contribution in [0.3, 0.4) is 0 Å². The Labute approximate surface area is 165 Å². The van der Waals surface area contributed by atoms with Crippen molar-refractivity contribution in [1.29, 1.82) is 0 Å². The van der Waals surface area contributed by atoms with E-state index in [4.69, 9.17) is 9.90 Å². The normalized spacial score (nSPS) is 13.9. The Balaban J connectivity index is 0.000000370. The summed E-state index contributed by atoms with van der Waals surface area (Å²) >= 11 is 0. The fourth-order valence-corrected chi connectivity index (χ4v) is 2.76. The van der Waals surface area contributed by atoms with Crippen molar-refractivity contribution in [3.05, 3.63) is 47.3 Å². The molecule has 2 aromatic heterocycles. The molecular weight excluding hydrogens is 391 g/mol. The number of carboxylic acids is 1. The van der Waals surface area contributed by atoms with Gasteiger partial charge in [-0.25, -0.2) is 9.78 Å². The van der Waals surface area contributed by atoms with Crippen LogP contribution in [-0.2, 0) is 24.4 Å². The number of aromatic nitrogens is 3. The molecule has 2 aromatic rings. The highest BCUT2D eigenvalue weighted by Crippen LogP contribution is 2.17. The topological polar surface area (TPSA) is 91.6 Å². The molecule has 1 aliphatic heterocycles. The van der Waals surface area contributed by atoms with Crippen LogP contribution in [0, 0.1) is 6.92 Å². The smallest absolute Gasteiger partial charge is 0.475 e. The summed E-state index contributed by atoms with van der Waals surface area (Å²) in [5.74, 6) is -1.80. The summed E-state index contributed by atoms with van der Waals surface area (Å²) in [4.78, 5) is 33.9. The first-order chi connectivity index (χ1) is 13.5. The summed E-state index contributed by atoms with van der Waals surface area (Å²) < 4.78 is 33.8. The number of carbonyl (C=O) groups excluding carboxylic acids is 1. The second-order valence-electron chi connectivity index (χ2n) is 6.69. The highest BCUT2D eigenvalue weighted by atomic mass is 19.4. The number of nitrogens with zero attached hydrogens (tertiary/aromatic N) is 5. The van der Waals surface area contributed by atoms with Gasteiger partial charge in [0, 0.05) is 39.4 Å². The molecule has 0 radical (unpaired) electrons. The lowest BCUT2D eigenvalue weighted by molar-refractivity contribution is -0.192. The number of halogens is 3. The molecule has 29 heavy (non-hydrogen) atoms. The van der Waals surface area contributed by atoms with Crippen LogP contribution in [0.25, 0.3) is 0 Å². The summed E-state index contributed by atoms with van der Waals surface area (Å²) in [6.07, 6.45) is -3.40. The number of pyridine rings is 1. The molecule has 8 nitrogen and oxygen atoms in total. The molecule has 0 aliphatic carbocycles. The van der Waals surface area contributed by atoms with Crippen LogP contribution in [0.15, 0.2) is 24.4 Å². The van der Waals surface area contributed by atoms with Gasteiger partial charge in [-0.15, -0.1) is 0 Å². The van der Waals surface area contributed by atoms with Gasteiger partial charge in [-0.3, -0.25) is 14.7 Å². The standard InChI is InChI=1S/C16H21N5O.C2HF3O2/c1-12-5-4-6-13(18-12)10-20-7-8-21-14(16(22)19(2)3)9-17-15(21)11-20;3-2(4,5)1(6)7/h4-6,9H,7-8,10-11H2,1-3H3;(H,6,7). The van der Waals surface area contributed by atoms with Gasteiger partial charge in [0.2, 0.25) is 0 Å². The third-order valence-corrected chi connectivity index (χ3v) is 4.14. The number of hydrogen-bond acceptors (Lipinski definition) is 5. The molecule has 0 saturated heterocycles. The van der Waals surface area contributed by atoms with Gasteiger partial charge in [-0.1, -0.05) is 6.07 Å². The number of imidazole rings is 1. The lowest BCUT2D eigenvalue weighted by Gasteiger charge is -2.28. The van der Waals surface area contributed by atoms with E-state index in [1.54, 1.807) is 25.2 Å². The molecule has 0 saturated carbocycles. The first-order valence-corrected chi connectivity index (χ1v) is 8.70. The Hall–Kier alpha value is -2.95. The molecule has 158 valence electrons. The lowest BCUT2D eigenvalue weighted by atomic mass is 10.2. The minimum absolute atomic E-state index is 0.00699. The maximum atomic E-state index is 12.1. The highest BCUT2D eigenvalue weighted by Gasteiger charge is 2.38. The number of hydrogen-bond donors (Lipinski definition) is 1. The molecular formula is C18H22F3N5O3. The lowest BCUT2D eigenvalue weighted by Crippen LogP contribution is -2.35. The molecule has 1 amide bonds. The van der Waals surface area contributed by atoms with E-state index in [2.05, 4.69) is 20.9 Å². The number of aliphatic carboxylic acids is 1. The average Bonchev–Trinajstić information content (AvgIpc) is 3.03. The van der Waals surface area contributed by atoms with Crippen molar-refractivity contribution in [2.75, 3.05) is 20.6 Å². The van der Waals surface area contributed by atoms with Crippen LogP contribution in [0.1, 0.15) is 27.7 Å². The summed E-state index contributed by atoms with van der Waals surface area (Å²) in [6, 6.07) is 6.09. The SMILES string of the molecule is Cc1cccc(CN2CCn3c(C(=O)N(C)C)cnc3C2)n1.O=C(O)C(F)(F)F. The Kier molecular flexibility index (Phi) is 6.96. The maximum absolute atomic E-state index is 12.1. The van der Waals surface area contributed by atoms with E-state index in [1.165, 1.54) is 0 Å². The van der Waals surface area contributed by atoms with E-state index >= 15 is 0 Å². The molecule has 0 aromatic carbocycles. The predicted octanol–water partition coefficient (Wildman–Crippen LogP) is 1.94. The van der Waals surface area contributed by atoms with Crippen molar-refractivity contribution in [2.24, 2.45) is 0 Å². The number of amides is 1. The molecule has 1 aliphatic rings. The van der Waals surface area contributed by atoms with Crippen LogP contribution in [0.2, 0.25) is 0 Å². The van der Waals surface area contributed by atoms with Gasteiger partial charge in [-0.05, 0) is 19.1 Å². The molecule has 1 N–H and O–H groups in total. The molecule has 0 unspecified atom stereocenters. The molecule has 3 rings (SSSR count). The van der Waals surface area contributed by atoms with E-state index < -0.39 is 12.1 Å². The van der Waals surface area contributed by atoms with Crippen molar-refractivity contribution in [3.63, 3.8) is 0 Å². The van der Waals surface area contributed by atoms with E-state index in [-0.39, 0.29) is 5.91 Å². The van der Waals surface area contributed by atoms with Gasteiger partial charge >= 0.3 is 12.1 Å². The van der Waals surface area contributed by atoms with E-state index in [0.717, 1.165) is 43.4 Å². The van der Waals surface area contributed by atoms with Gasteiger partial charge in [0.15, 0.2) is 0 Å². The first kappa shape index (κ1) is 22.3. The van der Waals surface area contributed by atoms with Crippen LogP contribution < -0.4 is 0 Å². The largest absolute Gasteiger partial charge is 0.490 e. The van der Waals surface area contributed by atoms with Crippen LogP contribution in [0.5, 0.6) is 0 Å². The number of rotatable bonds is 3. The van der Waals surface area contributed by atoms with E-state index in [0.29, 0.717) is 5.69 Å². The van der Waals surface area contributed by atoms with Gasteiger partial charge < -0.3 is 14.6 Å². The fraction of sp³-hybridized carbons (Fsp3) is 0.444. The quantitative estimate of drug-likeness (QED) is 0.827. The van der Waals surface area contributed by atoms with Crippen molar-refractivity contribution >= 4 is 11.9 Å². The molecule has 11 heteroatoms. The summed E-state index contributed by atoms with van der Waals surface area (Å²) in [6.45, 7) is 5.25. The maximum Gasteiger partial charge on any atom is 0.490 e. The number of aryl methyl sites for hydroxylation is 1. The van der Waals surface area contributed by atoms with Crippen molar-refractivity contribution in [2.45, 2.75) is 32.7 Å². The monoisotopic (exact) mass is 413 g/mol. The zero-order valence-electron chi connectivity index (χ0n) is 16.3. The van der Waals surface area contributed by atoms with Crippen molar-refractivity contribution in [1.82, 2.24) is 24.3 Å². The number of alkyl halides is 3. The van der Waals surface area contributed by atoms with Crippen LogP contribution >= 0.6 is 0 Å². The first-order valence-electron chi connectivity index (χ1n) is 8.70. The average molecular weight is 413 g/mol. The number of carboxylic acid groups (broad SMARTS) is 1. The summed E-state index contributed by atoms with van der Waals surface area (Å²) in [5.41, 5.74) is 2.79. The van der Waals surface area contributed by atoms with E-state index in [1.807, 2.05) is 23.6 Å². The Morgan fingerprint density at radius 2 is 1.90 bits per heavy atom.